The average Bonchev–Trinajstić information content (AvgIpc) is 2.39. The summed E-state index contributed by atoms with van der Waals surface area (Å²) in [5.74, 6) is 0. The van der Waals surface area contributed by atoms with E-state index in [2.05, 4.69) is 9.72 Å². The molecule has 5 heteroatoms. The van der Waals surface area contributed by atoms with Crippen LogP contribution in [0.15, 0.2) is 11.7 Å². The van der Waals surface area contributed by atoms with Crippen LogP contribution in [0.25, 0.3) is 0 Å². The quantitative estimate of drug-likeness (QED) is 0.732. The largest absolute Gasteiger partial charge is 0.449 e. The number of carbonyl (C=O) groups is 1. The van der Waals surface area contributed by atoms with Gasteiger partial charge in [-0.25, -0.2) is 4.79 Å². The molecule has 0 fully saturated rings. The topological polar surface area (TPSA) is 65.2 Å². The predicted molar refractivity (Wildman–Crippen MR) is 41.4 cm³/mol. The number of carbonyl (C=O) groups excluding carboxylic acids is 1. The summed E-state index contributed by atoms with van der Waals surface area (Å²) in [5, 5.41) is 0. The van der Waals surface area contributed by atoms with Gasteiger partial charge in [0.05, 0.1) is 12.1 Å². The molecule has 0 radical (unpaired) electrons. The van der Waals surface area contributed by atoms with Crippen molar-refractivity contribution in [3.8, 4) is 0 Å². The molecule has 1 amide bonds. The van der Waals surface area contributed by atoms with Crippen LogP contribution in [-0.4, -0.2) is 17.7 Å². The summed E-state index contributed by atoms with van der Waals surface area (Å²) in [5.41, 5.74) is 6.49. The highest BCUT2D eigenvalue weighted by Crippen LogP contribution is 2.05. The van der Waals surface area contributed by atoms with Crippen LogP contribution in [0.5, 0.6) is 0 Å². The zero-order chi connectivity index (χ0) is 8.10. The Morgan fingerprint density at radius 3 is 3.18 bits per heavy atom. The van der Waals surface area contributed by atoms with E-state index >= 15 is 0 Å². The third kappa shape index (κ3) is 2.99. The van der Waals surface area contributed by atoms with Gasteiger partial charge in [0.1, 0.15) is 0 Å². The molecule has 0 bridgehead atoms. The Labute approximate surface area is 68.0 Å². The Kier molecular flexibility index (Phi) is 2.85. The summed E-state index contributed by atoms with van der Waals surface area (Å²) in [6.45, 7) is 0.331. The predicted octanol–water partition coefficient (Wildman–Crippen LogP) is 0.781. The lowest BCUT2D eigenvalue weighted by molar-refractivity contribution is 0.158. The Bertz CT molecular complexity index is 222. The van der Waals surface area contributed by atoms with E-state index in [1.807, 2.05) is 0 Å². The SMILES string of the molecule is NC(=O)OCCc1cncs1. The number of ether oxygens (including phenoxy) is 1. The molecule has 4 nitrogen and oxygen atoms in total. The standard InChI is InChI=1S/C6H8N2O2S/c7-6(9)10-2-1-5-3-8-4-11-5/h3-4H,1-2H2,(H2,7,9). The van der Waals surface area contributed by atoms with Crippen molar-refractivity contribution in [2.75, 3.05) is 6.61 Å². The molecule has 0 spiro atoms. The second-order valence-corrected chi connectivity index (χ2v) is 2.86. The monoisotopic (exact) mass is 172 g/mol. The van der Waals surface area contributed by atoms with E-state index in [1.165, 1.54) is 11.3 Å². The maximum absolute atomic E-state index is 10.1. The third-order valence-electron chi connectivity index (χ3n) is 1.08. The molecule has 1 aromatic heterocycles. The Hall–Kier alpha value is -1.10. The summed E-state index contributed by atoms with van der Waals surface area (Å²) in [4.78, 5) is 15.1. The molecule has 0 aliphatic carbocycles. The minimum atomic E-state index is -0.727. The lowest BCUT2D eigenvalue weighted by atomic mass is 10.4. The van der Waals surface area contributed by atoms with E-state index in [9.17, 15) is 4.79 Å². The normalized spacial score (nSPS) is 9.45. The van der Waals surface area contributed by atoms with E-state index in [0.717, 1.165) is 4.88 Å². The smallest absolute Gasteiger partial charge is 0.404 e. The number of nitrogens with zero attached hydrogens (tertiary/aromatic N) is 1. The van der Waals surface area contributed by atoms with Gasteiger partial charge in [0.2, 0.25) is 0 Å². The minimum absolute atomic E-state index is 0.331. The molecule has 0 saturated heterocycles. The molecule has 11 heavy (non-hydrogen) atoms. The molecule has 1 heterocycles. The van der Waals surface area contributed by atoms with Crippen LogP contribution in [0.2, 0.25) is 0 Å². The summed E-state index contributed by atoms with van der Waals surface area (Å²) in [6.07, 6.45) is 1.71. The molecule has 2 N–H and O–H groups in total. The van der Waals surface area contributed by atoms with Crippen molar-refractivity contribution in [1.82, 2.24) is 4.98 Å². The molecule has 1 rings (SSSR count). The summed E-state index contributed by atoms with van der Waals surface area (Å²) < 4.78 is 4.53. The van der Waals surface area contributed by atoms with Crippen molar-refractivity contribution in [1.29, 1.82) is 0 Å². The van der Waals surface area contributed by atoms with E-state index in [1.54, 1.807) is 11.7 Å². The highest BCUT2D eigenvalue weighted by Gasteiger charge is 1.96. The molecule has 1 aromatic rings. The van der Waals surface area contributed by atoms with Crippen molar-refractivity contribution in [2.24, 2.45) is 5.73 Å². The molecule has 0 aliphatic rings. The first-order valence-electron chi connectivity index (χ1n) is 3.08. The number of amides is 1. The van der Waals surface area contributed by atoms with E-state index in [0.29, 0.717) is 13.0 Å². The van der Waals surface area contributed by atoms with Gasteiger partial charge in [-0.05, 0) is 0 Å². The zero-order valence-electron chi connectivity index (χ0n) is 5.82. The van der Waals surface area contributed by atoms with E-state index < -0.39 is 6.09 Å². The number of thiazole rings is 1. The van der Waals surface area contributed by atoms with Gasteiger partial charge in [0.25, 0.3) is 0 Å². The van der Waals surface area contributed by atoms with E-state index in [-0.39, 0.29) is 0 Å². The summed E-state index contributed by atoms with van der Waals surface area (Å²) in [6, 6.07) is 0. The van der Waals surface area contributed by atoms with E-state index in [4.69, 9.17) is 5.73 Å². The van der Waals surface area contributed by atoms with Crippen LogP contribution in [0, 0.1) is 0 Å². The van der Waals surface area contributed by atoms with Crippen LogP contribution in [-0.2, 0) is 11.2 Å². The Morgan fingerprint density at radius 1 is 1.82 bits per heavy atom. The molecule has 0 aromatic carbocycles. The lowest BCUT2D eigenvalue weighted by Crippen LogP contribution is -2.14. The fraction of sp³-hybridized carbons (Fsp3) is 0.333. The Morgan fingerprint density at radius 2 is 2.64 bits per heavy atom. The second kappa shape index (κ2) is 3.92. The van der Waals surface area contributed by atoms with Gasteiger partial charge < -0.3 is 10.5 Å². The van der Waals surface area contributed by atoms with Gasteiger partial charge in [0.15, 0.2) is 0 Å². The average molecular weight is 172 g/mol. The molecule has 0 saturated carbocycles. The first-order chi connectivity index (χ1) is 5.29. The van der Waals surface area contributed by atoms with Gasteiger partial charge in [0, 0.05) is 17.5 Å². The van der Waals surface area contributed by atoms with Crippen LogP contribution >= 0.6 is 11.3 Å². The third-order valence-corrected chi connectivity index (χ3v) is 1.92. The highest BCUT2D eigenvalue weighted by atomic mass is 32.1. The number of hydrogen-bond acceptors (Lipinski definition) is 4. The first kappa shape index (κ1) is 8.00. The molecule has 0 unspecified atom stereocenters. The maximum atomic E-state index is 10.1. The van der Waals surface area contributed by atoms with Crippen LogP contribution < -0.4 is 5.73 Å². The fourth-order valence-corrected chi connectivity index (χ4v) is 1.20. The minimum Gasteiger partial charge on any atom is -0.449 e. The van der Waals surface area contributed by atoms with Crippen LogP contribution in [0.3, 0.4) is 0 Å². The highest BCUT2D eigenvalue weighted by molar-refractivity contribution is 7.09. The van der Waals surface area contributed by atoms with Crippen molar-refractivity contribution in [2.45, 2.75) is 6.42 Å². The van der Waals surface area contributed by atoms with Gasteiger partial charge in [-0.3, -0.25) is 4.98 Å². The van der Waals surface area contributed by atoms with Crippen LogP contribution in [0.4, 0.5) is 4.79 Å². The Balaban J connectivity index is 2.19. The summed E-state index contributed by atoms with van der Waals surface area (Å²) in [7, 11) is 0. The molecular weight excluding hydrogens is 164 g/mol. The fourth-order valence-electron chi connectivity index (χ4n) is 0.618. The first-order valence-corrected chi connectivity index (χ1v) is 3.96. The maximum Gasteiger partial charge on any atom is 0.404 e. The molecular formula is C6H8N2O2S. The summed E-state index contributed by atoms with van der Waals surface area (Å²) >= 11 is 1.53. The van der Waals surface area contributed by atoms with Gasteiger partial charge in [-0.2, -0.15) is 0 Å². The van der Waals surface area contributed by atoms with Gasteiger partial charge in [-0.1, -0.05) is 0 Å². The molecule has 0 atom stereocenters. The molecule has 0 aliphatic heterocycles. The number of aromatic nitrogens is 1. The second-order valence-electron chi connectivity index (χ2n) is 1.89. The molecule has 60 valence electrons. The van der Waals surface area contributed by atoms with Crippen molar-refractivity contribution in [3.05, 3.63) is 16.6 Å². The van der Waals surface area contributed by atoms with Gasteiger partial charge in [-0.15, -0.1) is 11.3 Å². The van der Waals surface area contributed by atoms with Crippen molar-refractivity contribution in [3.63, 3.8) is 0 Å². The number of primary amides is 1. The number of nitrogens with two attached hydrogens (primary N) is 1. The lowest BCUT2D eigenvalue weighted by Gasteiger charge is -1.97. The van der Waals surface area contributed by atoms with Gasteiger partial charge >= 0.3 is 6.09 Å². The van der Waals surface area contributed by atoms with Crippen molar-refractivity contribution < 1.29 is 9.53 Å². The number of rotatable bonds is 3. The van der Waals surface area contributed by atoms with Crippen LogP contribution in [0.1, 0.15) is 4.88 Å². The zero-order valence-corrected chi connectivity index (χ0v) is 6.63. The number of hydrogen-bond donors (Lipinski definition) is 1. The van der Waals surface area contributed by atoms with Crippen molar-refractivity contribution >= 4 is 17.4 Å².